The molecular formula is C27H26N2O6. The van der Waals surface area contributed by atoms with Crippen LogP contribution in [-0.4, -0.2) is 37.3 Å². The second-order valence-corrected chi connectivity index (χ2v) is 9.92. The maximum atomic E-state index is 13.1. The average molecular weight is 475 g/mol. The minimum atomic E-state index is -0.623. The smallest absolute Gasteiger partial charge is 0.316 e. The number of hydrogen-bond acceptors (Lipinski definition) is 6. The molecule has 2 bridgehead atoms. The first-order valence-electron chi connectivity index (χ1n) is 12.1. The predicted octanol–water partition coefficient (Wildman–Crippen LogP) is 3.19. The quantitative estimate of drug-likeness (QED) is 0.375. The molecular weight excluding hydrogens is 448 g/mol. The summed E-state index contributed by atoms with van der Waals surface area (Å²) in [6.07, 6.45) is 3.06. The molecule has 2 saturated carbocycles. The molecule has 0 radical (unpaired) electrons. The Morgan fingerprint density at radius 1 is 0.886 bits per heavy atom. The summed E-state index contributed by atoms with van der Waals surface area (Å²) in [5.74, 6) is -0.502. The number of methoxy groups -OCH3 is 1. The lowest BCUT2D eigenvalue weighted by atomic mass is 9.81. The van der Waals surface area contributed by atoms with Gasteiger partial charge >= 0.3 is 5.97 Å². The maximum Gasteiger partial charge on any atom is 0.316 e. The topological polar surface area (TPSA) is 93.2 Å². The fourth-order valence-corrected chi connectivity index (χ4v) is 6.44. The Bertz CT molecular complexity index is 1210. The van der Waals surface area contributed by atoms with Gasteiger partial charge in [0, 0.05) is 30.8 Å². The molecule has 0 aromatic heterocycles. The zero-order valence-electron chi connectivity index (χ0n) is 19.4. The van der Waals surface area contributed by atoms with Crippen LogP contribution in [0.3, 0.4) is 0 Å². The van der Waals surface area contributed by atoms with Crippen LogP contribution in [0.4, 0.5) is 11.4 Å². The van der Waals surface area contributed by atoms with Gasteiger partial charge in [0.2, 0.25) is 17.7 Å². The lowest BCUT2D eigenvalue weighted by Crippen LogP contribution is -2.32. The Hall–Kier alpha value is -3.68. The highest BCUT2D eigenvalue weighted by Crippen LogP contribution is 2.56. The van der Waals surface area contributed by atoms with E-state index in [0.29, 0.717) is 29.0 Å². The molecule has 2 saturated heterocycles. The van der Waals surface area contributed by atoms with Crippen molar-refractivity contribution in [3.05, 3.63) is 48.5 Å². The van der Waals surface area contributed by atoms with Crippen LogP contribution in [-0.2, 0) is 19.2 Å². The van der Waals surface area contributed by atoms with Crippen molar-refractivity contribution in [1.82, 2.24) is 0 Å². The highest BCUT2D eigenvalue weighted by molar-refractivity contribution is 6.22. The van der Waals surface area contributed by atoms with Crippen LogP contribution < -0.4 is 19.3 Å². The van der Waals surface area contributed by atoms with Gasteiger partial charge < -0.3 is 14.4 Å². The lowest BCUT2D eigenvalue weighted by molar-refractivity contribution is -0.139. The Morgan fingerprint density at radius 2 is 1.51 bits per heavy atom. The SMILES string of the molecule is COc1cccc(N2C[C@H](C(=O)Oc3cccc(N4C(=O)[C@H]5[C@H]6CC[C@@H](C6)[C@@H]5C4=O)c3)CC2=O)c1. The molecule has 4 aliphatic rings. The van der Waals surface area contributed by atoms with E-state index in [0.717, 1.165) is 19.3 Å². The van der Waals surface area contributed by atoms with Crippen LogP contribution in [0.15, 0.2) is 48.5 Å². The zero-order chi connectivity index (χ0) is 24.3. The van der Waals surface area contributed by atoms with E-state index in [2.05, 4.69) is 0 Å². The third kappa shape index (κ3) is 3.50. The van der Waals surface area contributed by atoms with Crippen LogP contribution in [0.25, 0.3) is 0 Å². The van der Waals surface area contributed by atoms with E-state index in [1.807, 2.05) is 0 Å². The zero-order valence-corrected chi connectivity index (χ0v) is 19.4. The van der Waals surface area contributed by atoms with E-state index in [1.54, 1.807) is 60.5 Å². The summed E-state index contributed by atoms with van der Waals surface area (Å²) >= 11 is 0. The van der Waals surface area contributed by atoms with Crippen molar-refractivity contribution in [3.63, 3.8) is 0 Å². The third-order valence-corrected chi connectivity index (χ3v) is 8.05. The van der Waals surface area contributed by atoms with Gasteiger partial charge in [-0.1, -0.05) is 12.1 Å². The molecule has 8 nitrogen and oxygen atoms in total. The summed E-state index contributed by atoms with van der Waals surface area (Å²) in [4.78, 5) is 54.6. The predicted molar refractivity (Wildman–Crippen MR) is 126 cm³/mol. The number of amides is 3. The molecule has 2 aromatic rings. The van der Waals surface area contributed by atoms with Crippen molar-refractivity contribution in [2.24, 2.45) is 29.6 Å². The molecule has 8 heteroatoms. The number of carbonyl (C=O) groups excluding carboxylic acids is 4. The number of anilines is 2. The summed E-state index contributed by atoms with van der Waals surface area (Å²) in [6, 6.07) is 13.7. The first-order valence-corrected chi connectivity index (χ1v) is 12.1. The molecule has 35 heavy (non-hydrogen) atoms. The highest BCUT2D eigenvalue weighted by Gasteiger charge is 2.61. The van der Waals surface area contributed by atoms with Gasteiger partial charge in [0.15, 0.2) is 0 Å². The lowest BCUT2D eigenvalue weighted by Gasteiger charge is -2.19. The molecule has 2 aliphatic heterocycles. The summed E-state index contributed by atoms with van der Waals surface area (Å²) in [5.41, 5.74) is 1.09. The largest absolute Gasteiger partial charge is 0.497 e. The number of benzene rings is 2. The fourth-order valence-electron chi connectivity index (χ4n) is 6.44. The van der Waals surface area contributed by atoms with E-state index < -0.39 is 11.9 Å². The summed E-state index contributed by atoms with van der Waals surface area (Å²) in [5, 5.41) is 0. The van der Waals surface area contributed by atoms with Gasteiger partial charge in [-0.2, -0.15) is 0 Å². The second-order valence-electron chi connectivity index (χ2n) is 9.92. The van der Waals surface area contributed by atoms with Crippen LogP contribution in [0.1, 0.15) is 25.7 Å². The van der Waals surface area contributed by atoms with E-state index in [-0.39, 0.29) is 48.3 Å². The number of nitrogens with zero attached hydrogens (tertiary/aromatic N) is 2. The minimum absolute atomic E-state index is 0.0466. The first-order chi connectivity index (χ1) is 16.9. The van der Waals surface area contributed by atoms with Crippen LogP contribution in [0.5, 0.6) is 11.5 Å². The Morgan fingerprint density at radius 3 is 2.20 bits per heavy atom. The second kappa shape index (κ2) is 8.22. The molecule has 0 N–H and O–H groups in total. The molecule has 2 heterocycles. The average Bonchev–Trinajstić information content (AvgIpc) is 3.63. The van der Waals surface area contributed by atoms with Crippen molar-refractivity contribution in [2.75, 3.05) is 23.5 Å². The number of hydrogen-bond donors (Lipinski definition) is 0. The number of imide groups is 1. The molecule has 5 atom stereocenters. The summed E-state index contributed by atoms with van der Waals surface area (Å²) < 4.78 is 10.8. The van der Waals surface area contributed by atoms with Gasteiger partial charge in [-0.15, -0.1) is 0 Å². The van der Waals surface area contributed by atoms with Gasteiger partial charge in [0.25, 0.3) is 0 Å². The molecule has 180 valence electrons. The number of esters is 1. The maximum absolute atomic E-state index is 13.1. The van der Waals surface area contributed by atoms with Gasteiger partial charge in [-0.3, -0.25) is 19.2 Å². The fraction of sp³-hybridized carbons (Fsp3) is 0.407. The molecule has 6 rings (SSSR count). The minimum Gasteiger partial charge on any atom is -0.497 e. The molecule has 2 aromatic carbocycles. The van der Waals surface area contributed by atoms with E-state index in [1.165, 1.54) is 4.90 Å². The Kier molecular flexibility index (Phi) is 5.12. The van der Waals surface area contributed by atoms with Crippen LogP contribution in [0.2, 0.25) is 0 Å². The van der Waals surface area contributed by atoms with Crippen LogP contribution >= 0.6 is 0 Å². The first kappa shape index (κ1) is 21.8. The van der Waals surface area contributed by atoms with Gasteiger partial charge in [0.05, 0.1) is 30.6 Å². The molecule has 3 amide bonds. The normalized spacial score (nSPS) is 29.2. The molecule has 2 aliphatic carbocycles. The van der Waals surface area contributed by atoms with Crippen molar-refractivity contribution in [2.45, 2.75) is 25.7 Å². The van der Waals surface area contributed by atoms with Crippen molar-refractivity contribution >= 4 is 35.1 Å². The van der Waals surface area contributed by atoms with Gasteiger partial charge in [-0.25, -0.2) is 4.90 Å². The standard InChI is InChI=1S/C27H26N2O6/c1-34-20-6-2-4-18(12-20)28-14-17(11-22(28)30)27(33)35-21-7-3-5-19(13-21)29-25(31)23-15-8-9-16(10-15)24(23)26(29)32/h2-7,12-13,15-17,23-24H,8-11,14H2,1H3/t15-,16-,17+,23-,24-/m0/s1. The van der Waals surface area contributed by atoms with E-state index in [4.69, 9.17) is 9.47 Å². The molecule has 0 spiro atoms. The summed E-state index contributed by atoms with van der Waals surface area (Å²) in [7, 11) is 1.55. The molecule has 0 unspecified atom stereocenters. The summed E-state index contributed by atoms with van der Waals surface area (Å²) in [6.45, 7) is 0.208. The number of carbonyl (C=O) groups is 4. The number of ether oxygens (including phenoxy) is 2. The van der Waals surface area contributed by atoms with Gasteiger partial charge in [0.1, 0.15) is 11.5 Å². The van der Waals surface area contributed by atoms with Crippen molar-refractivity contribution in [1.29, 1.82) is 0 Å². The van der Waals surface area contributed by atoms with E-state index in [9.17, 15) is 19.2 Å². The number of fused-ring (bicyclic) bond motifs is 5. The van der Waals surface area contributed by atoms with Gasteiger partial charge in [-0.05, 0) is 55.4 Å². The highest BCUT2D eigenvalue weighted by atomic mass is 16.5. The van der Waals surface area contributed by atoms with Crippen molar-refractivity contribution < 1.29 is 28.7 Å². The number of rotatable bonds is 5. The van der Waals surface area contributed by atoms with Crippen LogP contribution in [0, 0.1) is 29.6 Å². The van der Waals surface area contributed by atoms with Crippen molar-refractivity contribution in [3.8, 4) is 11.5 Å². The van der Waals surface area contributed by atoms with E-state index >= 15 is 0 Å². The monoisotopic (exact) mass is 474 g/mol. The molecule has 4 fully saturated rings. The Balaban J connectivity index is 1.16. The Labute approximate surface area is 202 Å². The third-order valence-electron chi connectivity index (χ3n) is 8.05.